The summed E-state index contributed by atoms with van der Waals surface area (Å²) in [4.78, 5) is 14.8. The summed E-state index contributed by atoms with van der Waals surface area (Å²) in [5, 5.41) is 0. The van der Waals surface area contributed by atoms with Crippen LogP contribution in [0.2, 0.25) is 0 Å². The first-order valence-corrected chi connectivity index (χ1v) is 8.41. The van der Waals surface area contributed by atoms with Crippen LogP contribution in [0.25, 0.3) is 0 Å². The smallest absolute Gasteiger partial charge is 0.223 e. The Morgan fingerprint density at radius 1 is 1.28 bits per heavy atom. The van der Waals surface area contributed by atoms with Gasteiger partial charge in [0, 0.05) is 13.0 Å². The molecule has 1 amide bonds. The van der Waals surface area contributed by atoms with Crippen molar-refractivity contribution in [3.8, 4) is 0 Å². The van der Waals surface area contributed by atoms with Crippen molar-refractivity contribution in [1.82, 2.24) is 4.90 Å². The predicted octanol–water partition coefficient (Wildman–Crippen LogP) is 2.19. The molecule has 2 rings (SSSR count). The normalized spacial score (nSPS) is 26.0. The summed E-state index contributed by atoms with van der Waals surface area (Å²) < 4.78 is 0. The zero-order chi connectivity index (χ0) is 13.0. The van der Waals surface area contributed by atoms with Gasteiger partial charge in [-0.3, -0.25) is 4.79 Å². The van der Waals surface area contributed by atoms with E-state index in [1.807, 2.05) is 16.7 Å². The molecule has 0 aromatic rings. The lowest BCUT2D eigenvalue weighted by molar-refractivity contribution is -0.134. The first-order chi connectivity index (χ1) is 8.68. The van der Waals surface area contributed by atoms with Gasteiger partial charge in [0.15, 0.2) is 0 Å². The van der Waals surface area contributed by atoms with E-state index in [1.54, 1.807) is 0 Å². The van der Waals surface area contributed by atoms with Crippen molar-refractivity contribution < 1.29 is 4.79 Å². The molecule has 2 saturated heterocycles. The lowest BCUT2D eigenvalue weighted by atomic mass is 9.95. The number of nitrogens with two attached hydrogens (primary N) is 1. The first kappa shape index (κ1) is 14.1. The van der Waals surface area contributed by atoms with Crippen LogP contribution >= 0.6 is 24.0 Å². The van der Waals surface area contributed by atoms with Crippen molar-refractivity contribution in [2.75, 3.05) is 18.1 Å². The maximum absolute atomic E-state index is 12.4. The van der Waals surface area contributed by atoms with E-state index in [1.165, 1.54) is 24.3 Å². The average molecular weight is 286 g/mol. The van der Waals surface area contributed by atoms with Crippen LogP contribution in [0.15, 0.2) is 0 Å². The molecule has 2 fully saturated rings. The quantitative estimate of drug-likeness (QED) is 0.808. The summed E-state index contributed by atoms with van der Waals surface area (Å²) in [6.45, 7) is 0.836. The second-order valence-electron chi connectivity index (χ2n) is 5.26. The number of thioether (sulfide) groups is 1. The highest BCUT2D eigenvalue weighted by Gasteiger charge is 2.30. The molecule has 0 bridgehead atoms. The summed E-state index contributed by atoms with van der Waals surface area (Å²) in [5.74, 6) is 3.25. The number of amides is 1. The van der Waals surface area contributed by atoms with Crippen LogP contribution in [0.4, 0.5) is 0 Å². The predicted molar refractivity (Wildman–Crippen MR) is 80.8 cm³/mol. The van der Waals surface area contributed by atoms with E-state index in [0.29, 0.717) is 17.3 Å². The van der Waals surface area contributed by atoms with Gasteiger partial charge in [-0.2, -0.15) is 11.8 Å². The number of likely N-dealkylation sites (tertiary alicyclic amines) is 1. The molecule has 102 valence electrons. The molecule has 0 spiro atoms. The Bertz CT molecular complexity index is 316. The number of rotatable bonds is 3. The molecule has 2 N–H and O–H groups in total. The molecule has 2 heterocycles. The molecule has 1 unspecified atom stereocenters. The summed E-state index contributed by atoms with van der Waals surface area (Å²) >= 11 is 7.10. The van der Waals surface area contributed by atoms with E-state index >= 15 is 0 Å². The van der Waals surface area contributed by atoms with Gasteiger partial charge < -0.3 is 10.6 Å². The van der Waals surface area contributed by atoms with E-state index in [4.69, 9.17) is 18.0 Å². The van der Waals surface area contributed by atoms with Gasteiger partial charge in [0.2, 0.25) is 5.91 Å². The number of hydrogen-bond donors (Lipinski definition) is 1. The van der Waals surface area contributed by atoms with Crippen LogP contribution in [0.5, 0.6) is 0 Å². The molecule has 0 saturated carbocycles. The number of nitrogens with zero attached hydrogens (tertiary/aromatic N) is 1. The van der Waals surface area contributed by atoms with E-state index in [-0.39, 0.29) is 11.9 Å². The fourth-order valence-corrected chi connectivity index (χ4v) is 4.29. The van der Waals surface area contributed by atoms with E-state index < -0.39 is 0 Å². The van der Waals surface area contributed by atoms with Crippen molar-refractivity contribution in [3.63, 3.8) is 0 Å². The Morgan fingerprint density at radius 2 is 2.00 bits per heavy atom. The number of hydrogen-bond acceptors (Lipinski definition) is 3. The zero-order valence-electron chi connectivity index (χ0n) is 10.8. The molecular weight excluding hydrogens is 264 g/mol. The molecule has 3 nitrogen and oxygen atoms in total. The van der Waals surface area contributed by atoms with Crippen molar-refractivity contribution in [2.24, 2.45) is 11.7 Å². The minimum absolute atomic E-state index is 0.0132. The van der Waals surface area contributed by atoms with Crippen LogP contribution in [-0.2, 0) is 4.79 Å². The first-order valence-electron chi connectivity index (χ1n) is 6.85. The van der Waals surface area contributed by atoms with Crippen molar-refractivity contribution >= 4 is 34.9 Å². The van der Waals surface area contributed by atoms with E-state index in [2.05, 4.69) is 0 Å². The molecule has 1 atom stereocenters. The third-order valence-electron chi connectivity index (χ3n) is 3.96. The molecule has 0 aromatic carbocycles. The summed E-state index contributed by atoms with van der Waals surface area (Å²) in [7, 11) is 0. The Kier molecular flexibility index (Phi) is 5.30. The third-order valence-corrected chi connectivity index (χ3v) is 5.28. The maximum atomic E-state index is 12.4. The molecule has 0 radical (unpaired) electrons. The lowest BCUT2D eigenvalue weighted by Crippen LogP contribution is -2.50. The highest BCUT2D eigenvalue weighted by atomic mass is 32.2. The SMILES string of the molecule is NC(=S)C1CCCCN1C(=O)CC1CCSCC1. The number of carbonyl (C=O) groups is 1. The van der Waals surface area contributed by atoms with Crippen LogP contribution in [0.3, 0.4) is 0 Å². The molecular formula is C13H22N2OS2. The zero-order valence-corrected chi connectivity index (χ0v) is 12.4. The number of piperidine rings is 1. The Hall–Kier alpha value is -0.290. The average Bonchev–Trinajstić information content (AvgIpc) is 2.40. The Morgan fingerprint density at radius 3 is 2.67 bits per heavy atom. The molecule has 2 aliphatic heterocycles. The lowest BCUT2D eigenvalue weighted by Gasteiger charge is -2.36. The molecule has 0 aromatic heterocycles. The van der Waals surface area contributed by atoms with E-state index in [9.17, 15) is 4.79 Å². The van der Waals surface area contributed by atoms with E-state index in [0.717, 1.165) is 25.8 Å². The van der Waals surface area contributed by atoms with Gasteiger partial charge in [-0.15, -0.1) is 0 Å². The summed E-state index contributed by atoms with van der Waals surface area (Å²) in [5.41, 5.74) is 5.76. The van der Waals surface area contributed by atoms with Crippen LogP contribution in [0.1, 0.15) is 38.5 Å². The number of carbonyl (C=O) groups excluding carboxylic acids is 1. The largest absolute Gasteiger partial charge is 0.392 e. The van der Waals surface area contributed by atoms with Gasteiger partial charge in [-0.05, 0) is 49.5 Å². The maximum Gasteiger partial charge on any atom is 0.223 e. The van der Waals surface area contributed by atoms with Gasteiger partial charge in [-0.25, -0.2) is 0 Å². The van der Waals surface area contributed by atoms with Gasteiger partial charge in [0.1, 0.15) is 0 Å². The van der Waals surface area contributed by atoms with Gasteiger partial charge in [0.05, 0.1) is 11.0 Å². The molecule has 0 aliphatic carbocycles. The monoisotopic (exact) mass is 286 g/mol. The molecule has 18 heavy (non-hydrogen) atoms. The van der Waals surface area contributed by atoms with Gasteiger partial charge >= 0.3 is 0 Å². The van der Waals surface area contributed by atoms with Gasteiger partial charge in [0.25, 0.3) is 0 Å². The van der Waals surface area contributed by atoms with Crippen LogP contribution in [-0.4, -0.2) is 39.9 Å². The van der Waals surface area contributed by atoms with Crippen LogP contribution in [0, 0.1) is 5.92 Å². The second-order valence-corrected chi connectivity index (χ2v) is 6.96. The molecule has 2 aliphatic rings. The minimum Gasteiger partial charge on any atom is -0.392 e. The topological polar surface area (TPSA) is 46.3 Å². The standard InChI is InChI=1S/C13H22N2OS2/c14-13(17)11-3-1-2-6-15(11)12(16)9-10-4-7-18-8-5-10/h10-11H,1-9H2,(H2,14,17). The van der Waals surface area contributed by atoms with Gasteiger partial charge in [-0.1, -0.05) is 12.2 Å². The van der Waals surface area contributed by atoms with Crippen molar-refractivity contribution in [2.45, 2.75) is 44.6 Å². The Balaban J connectivity index is 1.91. The molecule has 5 heteroatoms. The minimum atomic E-state index is 0.0132. The summed E-state index contributed by atoms with van der Waals surface area (Å²) in [6.07, 6.45) is 6.22. The van der Waals surface area contributed by atoms with Crippen molar-refractivity contribution in [1.29, 1.82) is 0 Å². The Labute approximate surface area is 119 Å². The summed E-state index contributed by atoms with van der Waals surface area (Å²) in [6, 6.07) is 0.0132. The fourth-order valence-electron chi connectivity index (χ4n) is 2.84. The van der Waals surface area contributed by atoms with Crippen LogP contribution < -0.4 is 5.73 Å². The number of thiocarbonyl (C=S) groups is 1. The van der Waals surface area contributed by atoms with Crippen molar-refractivity contribution in [3.05, 3.63) is 0 Å². The highest BCUT2D eigenvalue weighted by Crippen LogP contribution is 2.27. The third kappa shape index (κ3) is 3.60. The fraction of sp³-hybridized carbons (Fsp3) is 0.846. The second kappa shape index (κ2) is 6.75. The highest BCUT2D eigenvalue weighted by molar-refractivity contribution is 7.99.